The van der Waals surface area contributed by atoms with Crippen LogP contribution < -0.4 is 9.64 Å². The summed E-state index contributed by atoms with van der Waals surface area (Å²) in [6.07, 6.45) is 0. The minimum Gasteiger partial charge on any atom is -0.490 e. The molecule has 0 spiro atoms. The van der Waals surface area contributed by atoms with E-state index in [1.54, 1.807) is 0 Å². The zero-order valence-corrected chi connectivity index (χ0v) is 16.3. The van der Waals surface area contributed by atoms with Crippen LogP contribution in [0.1, 0.15) is 39.2 Å². The molecule has 0 radical (unpaired) electrons. The van der Waals surface area contributed by atoms with E-state index in [-0.39, 0.29) is 0 Å². The van der Waals surface area contributed by atoms with Crippen LogP contribution in [0.5, 0.6) is 5.75 Å². The molecule has 1 fully saturated rings. The minimum atomic E-state index is 0.529. The fourth-order valence-electron chi connectivity index (χ4n) is 3.69. The summed E-state index contributed by atoms with van der Waals surface area (Å²) in [4.78, 5) is 7.44. The van der Waals surface area contributed by atoms with Crippen molar-refractivity contribution in [2.24, 2.45) is 0 Å². The van der Waals surface area contributed by atoms with E-state index in [1.165, 1.54) is 16.9 Å². The molecule has 138 valence electrons. The number of anilines is 1. The Kier molecular flexibility index (Phi) is 5.57. The lowest BCUT2D eigenvalue weighted by Gasteiger charge is -2.41. The van der Waals surface area contributed by atoms with Crippen LogP contribution in [0.15, 0.2) is 30.5 Å². The monoisotopic (exact) mass is 343 g/mol. The minimum absolute atomic E-state index is 0.529. The molecular weight excluding hydrogens is 310 g/mol. The molecule has 0 saturated carbocycles. The molecule has 0 atom stereocenters. The first kappa shape index (κ1) is 18.1. The van der Waals surface area contributed by atoms with E-state index in [9.17, 15) is 0 Å². The first-order chi connectivity index (χ1) is 12.0. The summed E-state index contributed by atoms with van der Waals surface area (Å²) >= 11 is 0. The van der Waals surface area contributed by atoms with E-state index in [2.05, 4.69) is 67.2 Å². The fraction of sp³-hybridized carbons (Fsp3) is 0.619. The second-order valence-electron chi connectivity index (χ2n) is 7.83. The quantitative estimate of drug-likeness (QED) is 0.814. The number of rotatable bonds is 5. The summed E-state index contributed by atoms with van der Waals surface area (Å²) in [7, 11) is 0. The maximum atomic E-state index is 5.86. The molecule has 0 amide bonds. The van der Waals surface area contributed by atoms with Gasteiger partial charge in [-0.3, -0.25) is 4.90 Å². The Morgan fingerprint density at radius 1 is 1.08 bits per heavy atom. The van der Waals surface area contributed by atoms with Crippen molar-refractivity contribution < 1.29 is 4.74 Å². The highest BCUT2D eigenvalue weighted by Gasteiger charge is 2.23. The second-order valence-corrected chi connectivity index (χ2v) is 7.83. The Bertz CT molecular complexity index is 603. The number of hydrogen-bond acceptors (Lipinski definition) is 4. The van der Waals surface area contributed by atoms with Gasteiger partial charge in [0.15, 0.2) is 0 Å². The molecule has 2 aliphatic heterocycles. The molecule has 4 heteroatoms. The van der Waals surface area contributed by atoms with Crippen molar-refractivity contribution in [1.29, 1.82) is 0 Å². The lowest BCUT2D eigenvalue weighted by Crippen LogP contribution is -2.49. The van der Waals surface area contributed by atoms with Crippen molar-refractivity contribution in [2.75, 3.05) is 50.8 Å². The van der Waals surface area contributed by atoms with Gasteiger partial charge in [-0.05, 0) is 37.5 Å². The van der Waals surface area contributed by atoms with Gasteiger partial charge in [-0.2, -0.15) is 0 Å². The molecular formula is C21H33N3O. The van der Waals surface area contributed by atoms with E-state index in [0.717, 1.165) is 51.6 Å². The first-order valence-corrected chi connectivity index (χ1v) is 9.64. The summed E-state index contributed by atoms with van der Waals surface area (Å²) in [5.74, 6) is 1.54. The molecule has 25 heavy (non-hydrogen) atoms. The SMILES string of the molecule is C=C(CN1CCOc2ccc(C(C)C)cc21)N1CCN(C(C)C)CC1. The van der Waals surface area contributed by atoms with Gasteiger partial charge in [-0.25, -0.2) is 0 Å². The van der Waals surface area contributed by atoms with Gasteiger partial charge in [-0.15, -0.1) is 0 Å². The Morgan fingerprint density at radius 3 is 2.44 bits per heavy atom. The number of piperazine rings is 1. The van der Waals surface area contributed by atoms with Crippen molar-refractivity contribution in [3.63, 3.8) is 0 Å². The van der Waals surface area contributed by atoms with Gasteiger partial charge in [0.1, 0.15) is 12.4 Å². The average molecular weight is 344 g/mol. The van der Waals surface area contributed by atoms with Crippen LogP contribution in [0.25, 0.3) is 0 Å². The Hall–Kier alpha value is -1.68. The van der Waals surface area contributed by atoms with Crippen LogP contribution in [0.4, 0.5) is 5.69 Å². The smallest absolute Gasteiger partial charge is 0.142 e. The number of nitrogens with zero attached hydrogens (tertiary/aromatic N) is 3. The summed E-state index contributed by atoms with van der Waals surface area (Å²) in [6, 6.07) is 7.24. The van der Waals surface area contributed by atoms with Gasteiger partial charge in [0.25, 0.3) is 0 Å². The molecule has 0 unspecified atom stereocenters. The second kappa shape index (κ2) is 7.69. The first-order valence-electron chi connectivity index (χ1n) is 9.64. The highest BCUT2D eigenvalue weighted by molar-refractivity contribution is 5.62. The van der Waals surface area contributed by atoms with Crippen molar-refractivity contribution in [2.45, 2.75) is 39.7 Å². The van der Waals surface area contributed by atoms with E-state index in [0.29, 0.717) is 12.0 Å². The molecule has 3 rings (SSSR count). The topological polar surface area (TPSA) is 19.0 Å². The zero-order chi connectivity index (χ0) is 18.0. The lowest BCUT2D eigenvalue weighted by molar-refractivity contribution is 0.129. The van der Waals surface area contributed by atoms with Crippen LogP contribution in [0.3, 0.4) is 0 Å². The third kappa shape index (κ3) is 4.12. The van der Waals surface area contributed by atoms with Gasteiger partial charge in [0.2, 0.25) is 0 Å². The average Bonchev–Trinajstić information content (AvgIpc) is 2.61. The Labute approximate surface area is 153 Å². The van der Waals surface area contributed by atoms with Crippen LogP contribution >= 0.6 is 0 Å². The summed E-state index contributed by atoms with van der Waals surface area (Å²) < 4.78 is 5.86. The lowest BCUT2D eigenvalue weighted by atomic mass is 10.0. The van der Waals surface area contributed by atoms with E-state index in [1.807, 2.05) is 0 Å². The molecule has 0 aromatic heterocycles. The van der Waals surface area contributed by atoms with Gasteiger partial charge >= 0.3 is 0 Å². The molecule has 1 aromatic rings. The molecule has 0 N–H and O–H groups in total. The maximum absolute atomic E-state index is 5.86. The van der Waals surface area contributed by atoms with Gasteiger partial charge in [-0.1, -0.05) is 26.5 Å². The van der Waals surface area contributed by atoms with Crippen LogP contribution in [-0.4, -0.2) is 61.7 Å². The van der Waals surface area contributed by atoms with E-state index in [4.69, 9.17) is 4.74 Å². The van der Waals surface area contributed by atoms with Crippen molar-refractivity contribution in [3.8, 4) is 5.75 Å². The van der Waals surface area contributed by atoms with Gasteiger partial charge in [0, 0.05) is 37.9 Å². The summed E-state index contributed by atoms with van der Waals surface area (Å²) in [6.45, 7) is 20.4. The largest absolute Gasteiger partial charge is 0.490 e. The number of ether oxygens (including phenoxy) is 1. The Balaban J connectivity index is 1.66. The van der Waals surface area contributed by atoms with Crippen LogP contribution in [0, 0.1) is 0 Å². The van der Waals surface area contributed by atoms with Gasteiger partial charge in [0.05, 0.1) is 18.8 Å². The molecule has 4 nitrogen and oxygen atoms in total. The van der Waals surface area contributed by atoms with E-state index < -0.39 is 0 Å². The molecule has 1 saturated heterocycles. The highest BCUT2D eigenvalue weighted by atomic mass is 16.5. The molecule has 2 heterocycles. The van der Waals surface area contributed by atoms with Crippen molar-refractivity contribution in [1.82, 2.24) is 9.80 Å². The molecule has 0 aliphatic carbocycles. The predicted octanol–water partition coefficient (Wildman–Crippen LogP) is 3.55. The summed E-state index contributed by atoms with van der Waals surface area (Å²) in [5, 5.41) is 0. The standard InChI is InChI=1S/C21H33N3O/c1-16(2)19-6-7-21-20(14-19)24(12-13-25-21)15-18(5)23-10-8-22(9-11-23)17(3)4/h6-7,14,16-17H,5,8-13,15H2,1-4H3. The Morgan fingerprint density at radius 2 is 1.80 bits per heavy atom. The predicted molar refractivity (Wildman–Crippen MR) is 106 cm³/mol. The molecule has 0 bridgehead atoms. The molecule has 1 aromatic carbocycles. The number of benzene rings is 1. The number of hydrogen-bond donors (Lipinski definition) is 0. The van der Waals surface area contributed by atoms with E-state index >= 15 is 0 Å². The normalized spacial score (nSPS) is 18.5. The van der Waals surface area contributed by atoms with Crippen molar-refractivity contribution >= 4 is 5.69 Å². The van der Waals surface area contributed by atoms with Crippen LogP contribution in [-0.2, 0) is 0 Å². The van der Waals surface area contributed by atoms with Crippen molar-refractivity contribution in [3.05, 3.63) is 36.0 Å². The third-order valence-electron chi connectivity index (χ3n) is 5.47. The number of fused-ring (bicyclic) bond motifs is 1. The highest BCUT2D eigenvalue weighted by Crippen LogP contribution is 2.35. The zero-order valence-electron chi connectivity index (χ0n) is 16.3. The third-order valence-corrected chi connectivity index (χ3v) is 5.47. The fourth-order valence-corrected chi connectivity index (χ4v) is 3.69. The summed E-state index contributed by atoms with van der Waals surface area (Å²) in [5.41, 5.74) is 3.82. The maximum Gasteiger partial charge on any atom is 0.142 e. The molecule has 2 aliphatic rings. The van der Waals surface area contributed by atoms with Crippen LogP contribution in [0.2, 0.25) is 0 Å². The van der Waals surface area contributed by atoms with Gasteiger partial charge < -0.3 is 14.5 Å².